The fraction of sp³-hybridized carbons (Fsp3) is 0.733. The van der Waals surface area contributed by atoms with Crippen molar-refractivity contribution in [2.75, 3.05) is 5.75 Å². The molecule has 0 N–H and O–H groups in total. The van der Waals surface area contributed by atoms with Gasteiger partial charge in [0, 0.05) is 11.6 Å². The Labute approximate surface area is 117 Å². The molecular formula is C15H18N2OS. The molecule has 1 aromatic rings. The van der Waals surface area contributed by atoms with Crippen LogP contribution in [0.5, 0.6) is 0 Å². The van der Waals surface area contributed by atoms with E-state index in [1.807, 2.05) is 0 Å². The maximum absolute atomic E-state index is 11.8. The molecule has 4 fully saturated rings. The first-order valence-electron chi connectivity index (χ1n) is 7.48. The minimum absolute atomic E-state index is 0.212. The Morgan fingerprint density at radius 1 is 1.16 bits per heavy atom. The van der Waals surface area contributed by atoms with Crippen molar-refractivity contribution < 1.29 is 4.79 Å². The summed E-state index contributed by atoms with van der Waals surface area (Å²) in [6, 6.07) is 0. The number of imidazole rings is 1. The Hall–Kier alpha value is -0.770. The molecule has 0 atom stereocenters. The topological polar surface area (TPSA) is 34.9 Å². The van der Waals surface area contributed by atoms with Gasteiger partial charge in [0.15, 0.2) is 5.16 Å². The largest absolute Gasteiger partial charge is 0.273 e. The van der Waals surface area contributed by atoms with Crippen molar-refractivity contribution in [2.45, 2.75) is 49.1 Å². The summed E-state index contributed by atoms with van der Waals surface area (Å²) in [5, 5.41) is 0.941. The van der Waals surface area contributed by atoms with Gasteiger partial charge in [-0.05, 0) is 56.3 Å². The molecule has 4 heteroatoms. The molecule has 5 aliphatic rings. The summed E-state index contributed by atoms with van der Waals surface area (Å²) in [6.45, 7) is 0. The van der Waals surface area contributed by atoms with Crippen molar-refractivity contribution >= 4 is 17.7 Å². The number of fused-ring (bicyclic) bond motifs is 1. The third-order valence-corrected chi connectivity index (χ3v) is 6.79. The van der Waals surface area contributed by atoms with Crippen molar-refractivity contribution in [3.05, 3.63) is 11.9 Å². The molecule has 0 unspecified atom stereocenters. The van der Waals surface area contributed by atoms with Gasteiger partial charge in [-0.25, -0.2) is 4.98 Å². The van der Waals surface area contributed by atoms with Crippen LogP contribution in [0.25, 0.3) is 0 Å². The van der Waals surface area contributed by atoms with Gasteiger partial charge in [0.1, 0.15) is 0 Å². The average Bonchev–Trinajstić information content (AvgIpc) is 2.91. The lowest BCUT2D eigenvalue weighted by Gasteiger charge is -2.56. The van der Waals surface area contributed by atoms with E-state index in [-0.39, 0.29) is 5.91 Å². The first kappa shape index (κ1) is 11.0. The highest BCUT2D eigenvalue weighted by molar-refractivity contribution is 8.00. The summed E-state index contributed by atoms with van der Waals surface area (Å²) in [6.07, 6.45) is 10.4. The molecule has 0 aromatic carbocycles. The summed E-state index contributed by atoms with van der Waals surface area (Å²) >= 11 is 1.60. The highest BCUT2D eigenvalue weighted by atomic mass is 32.2. The zero-order valence-electron chi connectivity index (χ0n) is 11.0. The molecule has 0 radical (unpaired) electrons. The average molecular weight is 274 g/mol. The van der Waals surface area contributed by atoms with E-state index < -0.39 is 0 Å². The maximum Gasteiger partial charge on any atom is 0.243 e. The standard InChI is InChI=1S/C15H18N2OS/c18-13-8-19-14-16-12(7-17(13)14)15-4-9-1-10(5-15)3-11(2-9)6-15/h7,9-11H,1-6,8H2. The van der Waals surface area contributed by atoms with E-state index in [4.69, 9.17) is 4.98 Å². The molecule has 4 aliphatic carbocycles. The molecule has 0 saturated heterocycles. The fourth-order valence-corrected chi connectivity index (χ4v) is 6.37. The van der Waals surface area contributed by atoms with Crippen molar-refractivity contribution in [1.82, 2.24) is 9.55 Å². The SMILES string of the molecule is O=C1CSc2nc(C34CC5CC(CC(C5)C3)C4)cn21. The first-order valence-corrected chi connectivity index (χ1v) is 8.46. The van der Waals surface area contributed by atoms with Crippen LogP contribution >= 0.6 is 11.8 Å². The number of carbonyl (C=O) groups is 1. The zero-order chi connectivity index (χ0) is 12.6. The molecule has 1 aromatic heterocycles. The van der Waals surface area contributed by atoms with E-state index in [9.17, 15) is 4.79 Å². The Balaban J connectivity index is 1.59. The summed E-state index contributed by atoms with van der Waals surface area (Å²) in [4.78, 5) is 16.6. The van der Waals surface area contributed by atoms with Crippen molar-refractivity contribution in [2.24, 2.45) is 17.8 Å². The van der Waals surface area contributed by atoms with E-state index in [1.54, 1.807) is 16.3 Å². The van der Waals surface area contributed by atoms with E-state index in [1.165, 1.54) is 44.2 Å². The van der Waals surface area contributed by atoms with Crippen LogP contribution in [0.3, 0.4) is 0 Å². The van der Waals surface area contributed by atoms with Gasteiger partial charge in [-0.1, -0.05) is 11.8 Å². The number of nitrogens with zero attached hydrogens (tertiary/aromatic N) is 2. The zero-order valence-corrected chi connectivity index (χ0v) is 11.8. The third-order valence-electron chi connectivity index (χ3n) is 5.85. The number of rotatable bonds is 1. The summed E-state index contributed by atoms with van der Waals surface area (Å²) in [7, 11) is 0. The van der Waals surface area contributed by atoms with Gasteiger partial charge in [0.2, 0.25) is 5.91 Å². The molecule has 3 nitrogen and oxygen atoms in total. The minimum Gasteiger partial charge on any atom is -0.273 e. The molecule has 1 aliphatic heterocycles. The van der Waals surface area contributed by atoms with Crippen molar-refractivity contribution in [3.63, 3.8) is 0 Å². The lowest BCUT2D eigenvalue weighted by Crippen LogP contribution is -2.48. The second kappa shape index (κ2) is 3.46. The molecule has 0 amide bonds. The molecule has 100 valence electrons. The normalized spacial score (nSPS) is 42.9. The van der Waals surface area contributed by atoms with Crippen LogP contribution < -0.4 is 0 Å². The van der Waals surface area contributed by atoms with E-state index in [0.717, 1.165) is 22.9 Å². The van der Waals surface area contributed by atoms with Gasteiger partial charge in [-0.15, -0.1) is 0 Å². The number of hydrogen-bond donors (Lipinski definition) is 0. The van der Waals surface area contributed by atoms with E-state index in [0.29, 0.717) is 11.2 Å². The number of thioether (sulfide) groups is 1. The van der Waals surface area contributed by atoms with Gasteiger partial charge in [0.25, 0.3) is 0 Å². The second-order valence-corrected chi connectivity index (χ2v) is 8.10. The maximum atomic E-state index is 11.8. The van der Waals surface area contributed by atoms with Crippen LogP contribution in [0, 0.1) is 17.8 Å². The van der Waals surface area contributed by atoms with Crippen molar-refractivity contribution in [1.29, 1.82) is 0 Å². The molecule has 19 heavy (non-hydrogen) atoms. The number of hydrogen-bond acceptors (Lipinski definition) is 3. The van der Waals surface area contributed by atoms with Gasteiger partial charge in [-0.3, -0.25) is 9.36 Å². The van der Waals surface area contributed by atoms with E-state index in [2.05, 4.69) is 6.20 Å². The molecule has 0 spiro atoms. The summed E-state index contributed by atoms with van der Waals surface area (Å²) in [5.41, 5.74) is 1.56. The first-order chi connectivity index (χ1) is 9.22. The van der Waals surface area contributed by atoms with Crippen LogP contribution in [-0.4, -0.2) is 21.2 Å². The minimum atomic E-state index is 0.212. The molecule has 4 bridgehead atoms. The fourth-order valence-electron chi connectivity index (χ4n) is 5.52. The Morgan fingerprint density at radius 3 is 2.37 bits per heavy atom. The quantitative estimate of drug-likeness (QED) is 0.789. The summed E-state index contributed by atoms with van der Waals surface area (Å²) in [5.74, 6) is 3.59. The van der Waals surface area contributed by atoms with Gasteiger partial charge in [-0.2, -0.15) is 0 Å². The van der Waals surface area contributed by atoms with Crippen LogP contribution in [-0.2, 0) is 5.41 Å². The van der Waals surface area contributed by atoms with Gasteiger partial charge < -0.3 is 0 Å². The van der Waals surface area contributed by atoms with E-state index >= 15 is 0 Å². The highest BCUT2D eigenvalue weighted by Gasteiger charge is 2.53. The number of aromatic nitrogens is 2. The predicted octanol–water partition coefficient (Wildman–Crippen LogP) is 3.10. The second-order valence-electron chi connectivity index (χ2n) is 7.16. The third kappa shape index (κ3) is 1.41. The monoisotopic (exact) mass is 274 g/mol. The van der Waals surface area contributed by atoms with Crippen LogP contribution in [0.4, 0.5) is 0 Å². The Kier molecular flexibility index (Phi) is 1.99. The van der Waals surface area contributed by atoms with Crippen LogP contribution in [0.15, 0.2) is 11.4 Å². The number of carbonyl (C=O) groups excluding carboxylic acids is 1. The lowest BCUT2D eigenvalue weighted by molar-refractivity contribution is -0.00716. The molecular weight excluding hydrogens is 256 g/mol. The predicted molar refractivity (Wildman–Crippen MR) is 73.4 cm³/mol. The highest BCUT2D eigenvalue weighted by Crippen LogP contribution is 2.60. The smallest absolute Gasteiger partial charge is 0.243 e. The Bertz CT molecular complexity index is 541. The molecule has 4 saturated carbocycles. The molecule has 6 rings (SSSR count). The Morgan fingerprint density at radius 2 is 1.79 bits per heavy atom. The van der Waals surface area contributed by atoms with Crippen LogP contribution in [0.2, 0.25) is 0 Å². The molecule has 2 heterocycles. The van der Waals surface area contributed by atoms with Gasteiger partial charge >= 0.3 is 0 Å². The summed E-state index contributed by atoms with van der Waals surface area (Å²) < 4.78 is 1.80. The van der Waals surface area contributed by atoms with Crippen LogP contribution in [0.1, 0.15) is 49.0 Å². The van der Waals surface area contributed by atoms with Crippen molar-refractivity contribution in [3.8, 4) is 0 Å². The van der Waals surface area contributed by atoms with Gasteiger partial charge in [0.05, 0.1) is 11.4 Å². The lowest BCUT2D eigenvalue weighted by atomic mass is 9.49.